The van der Waals surface area contributed by atoms with Crippen molar-refractivity contribution in [1.29, 1.82) is 0 Å². The third kappa shape index (κ3) is 9.14. The van der Waals surface area contributed by atoms with Gasteiger partial charge in [-0.2, -0.15) is 11.8 Å². The van der Waals surface area contributed by atoms with Gasteiger partial charge in [0.05, 0.1) is 13.7 Å². The number of nitrogens with zero attached hydrogens (tertiary/aromatic N) is 2. The van der Waals surface area contributed by atoms with Crippen LogP contribution in [0.1, 0.15) is 6.42 Å². The number of nitrogens with one attached hydrogen (secondary N) is 1. The van der Waals surface area contributed by atoms with Crippen molar-refractivity contribution in [3.05, 3.63) is 24.3 Å². The second kappa shape index (κ2) is 13.6. The normalized spacial score (nSPS) is 10.7. The van der Waals surface area contributed by atoms with Crippen LogP contribution < -0.4 is 14.8 Å². The van der Waals surface area contributed by atoms with Crippen molar-refractivity contribution in [2.24, 2.45) is 4.99 Å². The highest BCUT2D eigenvalue weighted by molar-refractivity contribution is 14.0. The van der Waals surface area contributed by atoms with Crippen LogP contribution in [0, 0.1) is 0 Å². The van der Waals surface area contributed by atoms with Crippen LogP contribution in [0.5, 0.6) is 11.5 Å². The maximum atomic E-state index is 5.73. The molecule has 1 rings (SSSR count). The number of hydrogen-bond acceptors (Lipinski definition) is 4. The largest absolute Gasteiger partial charge is 0.497 e. The minimum atomic E-state index is 0. The first kappa shape index (κ1) is 22.2. The van der Waals surface area contributed by atoms with Crippen molar-refractivity contribution < 1.29 is 9.47 Å². The number of guanidine groups is 1. The monoisotopic (exact) mass is 453 g/mol. The molecule has 0 radical (unpaired) electrons. The smallest absolute Gasteiger partial charge is 0.193 e. The van der Waals surface area contributed by atoms with Gasteiger partial charge in [-0.3, -0.25) is 4.99 Å². The Bertz CT molecular complexity index is 443. The van der Waals surface area contributed by atoms with Crippen molar-refractivity contribution in [1.82, 2.24) is 10.2 Å². The van der Waals surface area contributed by atoms with E-state index < -0.39 is 0 Å². The molecule has 0 saturated carbocycles. The first-order valence-corrected chi connectivity index (χ1v) is 8.78. The van der Waals surface area contributed by atoms with Crippen LogP contribution in [0.25, 0.3) is 0 Å². The Morgan fingerprint density at radius 2 is 1.91 bits per heavy atom. The number of methoxy groups -OCH3 is 1. The zero-order valence-electron chi connectivity index (χ0n) is 14.4. The van der Waals surface area contributed by atoms with Gasteiger partial charge in [0.25, 0.3) is 0 Å². The summed E-state index contributed by atoms with van der Waals surface area (Å²) in [5.74, 6) is 3.74. The van der Waals surface area contributed by atoms with Crippen molar-refractivity contribution in [3.63, 3.8) is 0 Å². The highest BCUT2D eigenvalue weighted by Crippen LogP contribution is 2.16. The molecule has 0 amide bonds. The van der Waals surface area contributed by atoms with E-state index in [0.717, 1.165) is 42.7 Å². The van der Waals surface area contributed by atoms with Crippen molar-refractivity contribution in [2.75, 3.05) is 52.9 Å². The lowest BCUT2D eigenvalue weighted by molar-refractivity contribution is 0.281. The van der Waals surface area contributed by atoms with E-state index in [1.54, 1.807) is 14.2 Å². The van der Waals surface area contributed by atoms with Gasteiger partial charge in [-0.25, -0.2) is 0 Å². The molecule has 0 atom stereocenters. The third-order valence-corrected chi connectivity index (χ3v) is 3.83. The van der Waals surface area contributed by atoms with Gasteiger partial charge in [0.2, 0.25) is 0 Å². The average Bonchev–Trinajstić information content (AvgIpc) is 2.55. The summed E-state index contributed by atoms with van der Waals surface area (Å²) in [4.78, 5) is 6.36. The van der Waals surface area contributed by atoms with Crippen LogP contribution in [-0.4, -0.2) is 63.8 Å². The highest BCUT2D eigenvalue weighted by atomic mass is 127. The Hall–Kier alpha value is -0.830. The van der Waals surface area contributed by atoms with Crippen molar-refractivity contribution in [3.8, 4) is 11.5 Å². The molecule has 0 heterocycles. The lowest BCUT2D eigenvalue weighted by atomic mass is 10.3. The summed E-state index contributed by atoms with van der Waals surface area (Å²) in [6.07, 6.45) is 3.26. The van der Waals surface area contributed by atoms with E-state index in [1.807, 2.05) is 43.1 Å². The maximum absolute atomic E-state index is 5.73. The Balaban J connectivity index is 0.00000484. The molecular weight excluding hydrogens is 425 g/mol. The minimum absolute atomic E-state index is 0. The van der Waals surface area contributed by atoms with Gasteiger partial charge in [0.15, 0.2) is 5.96 Å². The van der Waals surface area contributed by atoms with Crippen molar-refractivity contribution >= 4 is 41.7 Å². The molecule has 0 aliphatic rings. The van der Waals surface area contributed by atoms with Gasteiger partial charge >= 0.3 is 0 Å². The highest BCUT2D eigenvalue weighted by Gasteiger charge is 2.05. The summed E-state index contributed by atoms with van der Waals surface area (Å²) in [5, 5.41) is 3.36. The molecule has 0 aliphatic heterocycles. The summed E-state index contributed by atoms with van der Waals surface area (Å²) in [6, 6.07) is 7.61. The maximum Gasteiger partial charge on any atom is 0.193 e. The van der Waals surface area contributed by atoms with E-state index in [2.05, 4.69) is 21.5 Å². The van der Waals surface area contributed by atoms with Gasteiger partial charge in [-0.15, -0.1) is 24.0 Å². The Kier molecular flexibility index (Phi) is 13.1. The molecule has 0 spiro atoms. The zero-order valence-corrected chi connectivity index (χ0v) is 17.5. The van der Waals surface area contributed by atoms with Gasteiger partial charge in [-0.1, -0.05) is 0 Å². The molecule has 5 nitrogen and oxygen atoms in total. The number of halogens is 1. The number of likely N-dealkylation sites (N-methyl/N-ethyl adjacent to an activating group) is 1. The lowest BCUT2D eigenvalue weighted by Gasteiger charge is -2.22. The van der Waals surface area contributed by atoms with Crippen LogP contribution in [0.4, 0.5) is 0 Å². The summed E-state index contributed by atoms with van der Waals surface area (Å²) in [6.45, 7) is 2.32. The van der Waals surface area contributed by atoms with Gasteiger partial charge in [0.1, 0.15) is 18.1 Å². The van der Waals surface area contributed by atoms with E-state index in [0.29, 0.717) is 6.61 Å². The minimum Gasteiger partial charge on any atom is -0.497 e. The second-order valence-electron chi connectivity index (χ2n) is 4.77. The molecule has 0 fully saturated rings. The van der Waals surface area contributed by atoms with E-state index in [-0.39, 0.29) is 24.0 Å². The zero-order chi connectivity index (χ0) is 16.2. The molecule has 1 aromatic rings. The number of hydrogen-bond donors (Lipinski definition) is 1. The molecule has 7 heteroatoms. The molecule has 0 aliphatic carbocycles. The fourth-order valence-electron chi connectivity index (χ4n) is 1.88. The summed E-state index contributed by atoms with van der Waals surface area (Å²) in [5.41, 5.74) is 0. The van der Waals surface area contributed by atoms with Crippen LogP contribution in [0.15, 0.2) is 29.3 Å². The van der Waals surface area contributed by atoms with Crippen molar-refractivity contribution in [2.45, 2.75) is 6.42 Å². The first-order valence-electron chi connectivity index (χ1n) is 7.38. The molecule has 0 aromatic heterocycles. The third-order valence-electron chi connectivity index (χ3n) is 3.14. The number of aliphatic imine (C=N–C) groups is 1. The van der Waals surface area contributed by atoms with E-state index in [1.165, 1.54) is 0 Å². The van der Waals surface area contributed by atoms with Gasteiger partial charge in [0, 0.05) is 20.6 Å². The topological polar surface area (TPSA) is 46.1 Å². The van der Waals surface area contributed by atoms with Crippen LogP contribution in [0.3, 0.4) is 0 Å². The Morgan fingerprint density at radius 1 is 1.26 bits per heavy atom. The average molecular weight is 453 g/mol. The number of rotatable bonds is 9. The van der Waals surface area contributed by atoms with Crippen LogP contribution in [0.2, 0.25) is 0 Å². The molecule has 1 aromatic carbocycles. The molecular formula is C16H28IN3O2S. The molecule has 1 N–H and O–H groups in total. The fraction of sp³-hybridized carbons (Fsp3) is 0.562. The van der Waals surface area contributed by atoms with Crippen LogP contribution >= 0.6 is 35.7 Å². The first-order chi connectivity index (χ1) is 10.7. The SMILES string of the molecule is CN=C(NCCCSC)N(C)CCOc1ccc(OC)cc1.I. The fourth-order valence-corrected chi connectivity index (χ4v) is 2.31. The Morgan fingerprint density at radius 3 is 2.48 bits per heavy atom. The quantitative estimate of drug-likeness (QED) is 0.270. The lowest BCUT2D eigenvalue weighted by Crippen LogP contribution is -2.41. The van der Waals surface area contributed by atoms with E-state index in [4.69, 9.17) is 9.47 Å². The Labute approximate surface area is 161 Å². The summed E-state index contributed by atoms with van der Waals surface area (Å²) < 4.78 is 10.9. The van der Waals surface area contributed by atoms with E-state index >= 15 is 0 Å². The predicted octanol–water partition coefficient (Wildman–Crippen LogP) is 2.95. The standard InChI is InChI=1S/C16H27N3O2S.HI/c1-17-16(18-10-5-13-22-4)19(2)11-12-21-15-8-6-14(20-3)7-9-15;/h6-9H,5,10-13H2,1-4H3,(H,17,18);1H. The number of ether oxygens (including phenoxy) is 2. The van der Waals surface area contributed by atoms with E-state index in [9.17, 15) is 0 Å². The number of benzene rings is 1. The van der Waals surface area contributed by atoms with Gasteiger partial charge in [-0.05, 0) is 42.7 Å². The second-order valence-corrected chi connectivity index (χ2v) is 5.75. The molecule has 23 heavy (non-hydrogen) atoms. The molecule has 0 unspecified atom stereocenters. The molecule has 132 valence electrons. The van der Waals surface area contributed by atoms with Crippen LogP contribution in [-0.2, 0) is 0 Å². The summed E-state index contributed by atoms with van der Waals surface area (Å²) >= 11 is 1.86. The number of thioether (sulfide) groups is 1. The molecule has 0 saturated heterocycles. The van der Waals surface area contributed by atoms with Gasteiger partial charge < -0.3 is 19.7 Å². The molecule has 0 bridgehead atoms. The predicted molar refractivity (Wildman–Crippen MR) is 111 cm³/mol. The summed E-state index contributed by atoms with van der Waals surface area (Å²) in [7, 11) is 5.47.